The van der Waals surface area contributed by atoms with E-state index in [9.17, 15) is 0 Å². The molecule has 0 saturated carbocycles. The van der Waals surface area contributed by atoms with E-state index in [2.05, 4.69) is 41.5 Å². The largest absolute Gasteiger partial charge is 0.361 e. The lowest BCUT2D eigenvalue weighted by Gasteiger charge is -2.12. The Labute approximate surface area is 96.0 Å². The minimum Gasteiger partial charge on any atom is -0.361 e. The quantitative estimate of drug-likeness (QED) is 0.717. The molecule has 3 nitrogen and oxygen atoms in total. The standard InChI is InChI=1S/C13H19N3/c1-10(4-6-14)16-9-11-2-3-12-5-7-15-13(12)8-11/h2-3,5,7-8,10,15-16H,4,6,9,14H2,1H3. The highest BCUT2D eigenvalue weighted by molar-refractivity contribution is 5.79. The molecule has 0 radical (unpaired) electrons. The number of aromatic amines is 1. The molecule has 0 aliphatic heterocycles. The van der Waals surface area contributed by atoms with Crippen LogP contribution >= 0.6 is 0 Å². The topological polar surface area (TPSA) is 53.8 Å². The van der Waals surface area contributed by atoms with Gasteiger partial charge >= 0.3 is 0 Å². The molecule has 0 aliphatic carbocycles. The van der Waals surface area contributed by atoms with E-state index in [4.69, 9.17) is 5.73 Å². The van der Waals surface area contributed by atoms with Crippen LogP contribution in [0.5, 0.6) is 0 Å². The molecule has 1 atom stereocenters. The fraction of sp³-hybridized carbons (Fsp3) is 0.385. The molecule has 2 aromatic rings. The maximum absolute atomic E-state index is 5.51. The molecule has 4 N–H and O–H groups in total. The van der Waals surface area contributed by atoms with Crippen molar-refractivity contribution < 1.29 is 0 Å². The summed E-state index contributed by atoms with van der Waals surface area (Å²) in [6, 6.07) is 9.07. The van der Waals surface area contributed by atoms with Crippen molar-refractivity contribution in [1.82, 2.24) is 10.3 Å². The number of aromatic nitrogens is 1. The van der Waals surface area contributed by atoms with E-state index >= 15 is 0 Å². The molecule has 3 heteroatoms. The van der Waals surface area contributed by atoms with E-state index < -0.39 is 0 Å². The highest BCUT2D eigenvalue weighted by Crippen LogP contribution is 2.14. The number of hydrogen-bond acceptors (Lipinski definition) is 2. The molecule has 0 aliphatic rings. The zero-order valence-corrected chi connectivity index (χ0v) is 9.66. The van der Waals surface area contributed by atoms with Gasteiger partial charge in [-0.1, -0.05) is 12.1 Å². The summed E-state index contributed by atoms with van der Waals surface area (Å²) in [7, 11) is 0. The lowest BCUT2D eigenvalue weighted by Crippen LogP contribution is -2.27. The molecule has 2 rings (SSSR count). The highest BCUT2D eigenvalue weighted by atomic mass is 14.9. The van der Waals surface area contributed by atoms with E-state index in [0.29, 0.717) is 6.04 Å². The van der Waals surface area contributed by atoms with Gasteiger partial charge in [-0.15, -0.1) is 0 Å². The number of rotatable bonds is 5. The van der Waals surface area contributed by atoms with Crippen molar-refractivity contribution in [2.75, 3.05) is 6.54 Å². The van der Waals surface area contributed by atoms with E-state index in [1.807, 2.05) is 6.20 Å². The first-order chi connectivity index (χ1) is 7.79. The second-order valence-electron chi connectivity index (χ2n) is 4.26. The molecular weight excluding hydrogens is 198 g/mol. The first-order valence-electron chi connectivity index (χ1n) is 5.79. The third-order valence-electron chi connectivity index (χ3n) is 2.87. The predicted octanol–water partition coefficient (Wildman–Crippen LogP) is 1.99. The van der Waals surface area contributed by atoms with Gasteiger partial charge in [0.05, 0.1) is 0 Å². The normalized spacial score (nSPS) is 13.1. The summed E-state index contributed by atoms with van der Waals surface area (Å²) in [6.45, 7) is 3.81. The number of nitrogens with one attached hydrogen (secondary N) is 2. The summed E-state index contributed by atoms with van der Waals surface area (Å²) >= 11 is 0. The molecule has 1 aromatic heterocycles. The van der Waals surface area contributed by atoms with Crippen LogP contribution in [-0.4, -0.2) is 17.6 Å². The Morgan fingerprint density at radius 3 is 3.06 bits per heavy atom. The Hall–Kier alpha value is -1.32. The monoisotopic (exact) mass is 217 g/mol. The van der Waals surface area contributed by atoms with Gasteiger partial charge in [-0.05, 0) is 43.0 Å². The third kappa shape index (κ3) is 2.62. The minimum absolute atomic E-state index is 0.476. The molecule has 0 bridgehead atoms. The second kappa shape index (κ2) is 5.14. The van der Waals surface area contributed by atoms with Crippen molar-refractivity contribution in [2.24, 2.45) is 5.73 Å². The SMILES string of the molecule is CC(CCN)NCc1ccc2cc[nH]c2c1. The van der Waals surface area contributed by atoms with E-state index in [0.717, 1.165) is 19.5 Å². The highest BCUT2D eigenvalue weighted by Gasteiger charge is 2.01. The van der Waals surface area contributed by atoms with Crippen molar-refractivity contribution in [3.8, 4) is 0 Å². The van der Waals surface area contributed by atoms with Crippen LogP contribution in [-0.2, 0) is 6.54 Å². The Morgan fingerprint density at radius 2 is 2.25 bits per heavy atom. The molecule has 1 aromatic carbocycles. The van der Waals surface area contributed by atoms with Gasteiger partial charge in [-0.25, -0.2) is 0 Å². The van der Waals surface area contributed by atoms with Crippen LogP contribution in [0, 0.1) is 0 Å². The Kier molecular flexibility index (Phi) is 3.59. The summed E-state index contributed by atoms with van der Waals surface area (Å²) in [6.07, 6.45) is 2.99. The number of nitrogens with two attached hydrogens (primary N) is 1. The van der Waals surface area contributed by atoms with Gasteiger partial charge in [0.15, 0.2) is 0 Å². The Balaban J connectivity index is 1.98. The van der Waals surface area contributed by atoms with Gasteiger partial charge in [0, 0.05) is 24.3 Å². The molecule has 1 heterocycles. The maximum atomic E-state index is 5.51. The van der Waals surface area contributed by atoms with Crippen LogP contribution in [0.25, 0.3) is 10.9 Å². The first kappa shape index (κ1) is 11.2. The number of fused-ring (bicyclic) bond motifs is 1. The molecule has 16 heavy (non-hydrogen) atoms. The average Bonchev–Trinajstić information content (AvgIpc) is 2.74. The molecule has 86 valence electrons. The first-order valence-corrected chi connectivity index (χ1v) is 5.79. The van der Waals surface area contributed by atoms with Crippen LogP contribution in [0.2, 0.25) is 0 Å². The van der Waals surface area contributed by atoms with Crippen LogP contribution in [0.15, 0.2) is 30.5 Å². The molecular formula is C13H19N3. The molecule has 0 amide bonds. The van der Waals surface area contributed by atoms with Gasteiger partial charge in [0.2, 0.25) is 0 Å². The van der Waals surface area contributed by atoms with Crippen molar-refractivity contribution in [1.29, 1.82) is 0 Å². The maximum Gasteiger partial charge on any atom is 0.0457 e. The number of benzene rings is 1. The summed E-state index contributed by atoms with van der Waals surface area (Å²) < 4.78 is 0. The van der Waals surface area contributed by atoms with Crippen LogP contribution < -0.4 is 11.1 Å². The van der Waals surface area contributed by atoms with Crippen LogP contribution in [0.3, 0.4) is 0 Å². The van der Waals surface area contributed by atoms with Gasteiger partial charge in [-0.3, -0.25) is 0 Å². The fourth-order valence-corrected chi connectivity index (χ4v) is 1.85. The number of hydrogen-bond donors (Lipinski definition) is 3. The van der Waals surface area contributed by atoms with E-state index in [1.54, 1.807) is 0 Å². The van der Waals surface area contributed by atoms with Gasteiger partial charge in [0.1, 0.15) is 0 Å². The van der Waals surface area contributed by atoms with E-state index in [1.165, 1.54) is 16.5 Å². The molecule has 0 spiro atoms. The Bertz CT molecular complexity index is 447. The van der Waals surface area contributed by atoms with Crippen molar-refractivity contribution in [2.45, 2.75) is 25.9 Å². The zero-order chi connectivity index (χ0) is 11.4. The van der Waals surface area contributed by atoms with Gasteiger partial charge < -0.3 is 16.0 Å². The summed E-state index contributed by atoms with van der Waals surface area (Å²) in [5, 5.41) is 4.73. The van der Waals surface area contributed by atoms with Crippen LogP contribution in [0.4, 0.5) is 0 Å². The van der Waals surface area contributed by atoms with Crippen molar-refractivity contribution in [3.63, 3.8) is 0 Å². The second-order valence-corrected chi connectivity index (χ2v) is 4.26. The molecule has 0 saturated heterocycles. The van der Waals surface area contributed by atoms with Gasteiger partial charge in [0.25, 0.3) is 0 Å². The van der Waals surface area contributed by atoms with Crippen molar-refractivity contribution >= 4 is 10.9 Å². The van der Waals surface area contributed by atoms with E-state index in [-0.39, 0.29) is 0 Å². The third-order valence-corrected chi connectivity index (χ3v) is 2.87. The predicted molar refractivity (Wildman–Crippen MR) is 68.3 cm³/mol. The lowest BCUT2D eigenvalue weighted by molar-refractivity contribution is 0.520. The zero-order valence-electron chi connectivity index (χ0n) is 9.66. The lowest BCUT2D eigenvalue weighted by atomic mass is 10.1. The fourth-order valence-electron chi connectivity index (χ4n) is 1.85. The van der Waals surface area contributed by atoms with Gasteiger partial charge in [-0.2, -0.15) is 0 Å². The van der Waals surface area contributed by atoms with Crippen molar-refractivity contribution in [3.05, 3.63) is 36.0 Å². The van der Waals surface area contributed by atoms with Crippen LogP contribution in [0.1, 0.15) is 18.9 Å². The average molecular weight is 217 g/mol. The number of H-pyrrole nitrogens is 1. The summed E-state index contributed by atoms with van der Waals surface area (Å²) in [5.41, 5.74) is 8.02. The summed E-state index contributed by atoms with van der Waals surface area (Å²) in [5.74, 6) is 0. The summed E-state index contributed by atoms with van der Waals surface area (Å²) in [4.78, 5) is 3.22. The Morgan fingerprint density at radius 1 is 1.38 bits per heavy atom. The smallest absolute Gasteiger partial charge is 0.0457 e. The molecule has 1 unspecified atom stereocenters. The minimum atomic E-state index is 0.476. The molecule has 0 fully saturated rings.